The molecule has 0 radical (unpaired) electrons. The minimum atomic E-state index is 0. The van der Waals surface area contributed by atoms with Gasteiger partial charge in [0.2, 0.25) is 5.91 Å². The van der Waals surface area contributed by atoms with Crippen LogP contribution in [0.4, 0.5) is 0 Å². The van der Waals surface area contributed by atoms with Crippen LogP contribution in [0.2, 0.25) is 0 Å². The Labute approximate surface area is 116 Å². The lowest BCUT2D eigenvalue weighted by Crippen LogP contribution is -2.37. The fraction of sp³-hybridized carbons (Fsp3) is 0.923. The molecule has 4 nitrogen and oxygen atoms in total. The van der Waals surface area contributed by atoms with Crippen molar-refractivity contribution < 1.29 is 9.53 Å². The van der Waals surface area contributed by atoms with Gasteiger partial charge in [-0.1, -0.05) is 0 Å². The van der Waals surface area contributed by atoms with Gasteiger partial charge in [-0.2, -0.15) is 0 Å². The van der Waals surface area contributed by atoms with Crippen LogP contribution < -0.4 is 10.6 Å². The molecule has 0 saturated carbocycles. The van der Waals surface area contributed by atoms with Gasteiger partial charge in [0, 0.05) is 25.6 Å². The molecule has 18 heavy (non-hydrogen) atoms. The molecule has 2 aliphatic rings. The number of nitrogens with one attached hydrogen (secondary N) is 2. The molecule has 5 heteroatoms. The Kier molecular flexibility index (Phi) is 7.63. The van der Waals surface area contributed by atoms with Crippen molar-refractivity contribution in [3.05, 3.63) is 0 Å². The van der Waals surface area contributed by atoms with E-state index in [1.807, 2.05) is 0 Å². The number of ether oxygens (including phenoxy) is 1. The first-order valence-corrected chi connectivity index (χ1v) is 6.96. The topological polar surface area (TPSA) is 50.4 Å². The number of amides is 1. The van der Waals surface area contributed by atoms with Crippen molar-refractivity contribution >= 4 is 18.3 Å². The fourth-order valence-corrected chi connectivity index (χ4v) is 2.58. The van der Waals surface area contributed by atoms with Crippen LogP contribution >= 0.6 is 12.4 Å². The summed E-state index contributed by atoms with van der Waals surface area (Å²) in [5, 5.41) is 6.39. The molecule has 2 heterocycles. The zero-order chi connectivity index (χ0) is 11.9. The molecule has 2 fully saturated rings. The highest BCUT2D eigenvalue weighted by atomic mass is 35.5. The molecule has 0 aromatic carbocycles. The Hall–Kier alpha value is -0.320. The Morgan fingerprint density at radius 1 is 1.28 bits per heavy atom. The summed E-state index contributed by atoms with van der Waals surface area (Å²) in [5.41, 5.74) is 0. The third kappa shape index (κ3) is 5.55. The molecule has 2 saturated heterocycles. The van der Waals surface area contributed by atoms with Crippen molar-refractivity contribution in [2.75, 3.05) is 19.7 Å². The summed E-state index contributed by atoms with van der Waals surface area (Å²) >= 11 is 0. The number of carbonyl (C=O) groups is 1. The van der Waals surface area contributed by atoms with Crippen molar-refractivity contribution in [2.45, 2.75) is 57.1 Å². The minimum absolute atomic E-state index is 0. The summed E-state index contributed by atoms with van der Waals surface area (Å²) < 4.78 is 5.61. The van der Waals surface area contributed by atoms with Crippen molar-refractivity contribution in [3.63, 3.8) is 0 Å². The van der Waals surface area contributed by atoms with Gasteiger partial charge in [0.05, 0.1) is 6.10 Å². The molecule has 0 spiro atoms. The average Bonchev–Trinajstić information content (AvgIpc) is 2.88. The van der Waals surface area contributed by atoms with E-state index >= 15 is 0 Å². The fourth-order valence-electron chi connectivity index (χ4n) is 2.58. The molecule has 106 valence electrons. The second-order valence-electron chi connectivity index (χ2n) is 5.12. The smallest absolute Gasteiger partial charge is 0.220 e. The van der Waals surface area contributed by atoms with E-state index in [1.54, 1.807) is 0 Å². The third-order valence-corrected chi connectivity index (χ3v) is 3.68. The summed E-state index contributed by atoms with van der Waals surface area (Å²) in [5.74, 6) is 0.174. The van der Waals surface area contributed by atoms with E-state index in [1.165, 1.54) is 25.7 Å². The number of rotatable bonds is 5. The van der Waals surface area contributed by atoms with Crippen LogP contribution in [0.15, 0.2) is 0 Å². The van der Waals surface area contributed by atoms with Crippen LogP contribution in [0, 0.1) is 0 Å². The van der Waals surface area contributed by atoms with Gasteiger partial charge in [0.15, 0.2) is 0 Å². The van der Waals surface area contributed by atoms with E-state index in [0.717, 1.165) is 32.5 Å². The van der Waals surface area contributed by atoms with Gasteiger partial charge in [-0.05, 0) is 45.1 Å². The highest BCUT2D eigenvalue weighted by molar-refractivity contribution is 5.85. The minimum Gasteiger partial charge on any atom is -0.378 e. The van der Waals surface area contributed by atoms with E-state index in [4.69, 9.17) is 4.74 Å². The van der Waals surface area contributed by atoms with Crippen molar-refractivity contribution in [1.29, 1.82) is 0 Å². The van der Waals surface area contributed by atoms with Gasteiger partial charge in [0.1, 0.15) is 0 Å². The Bertz CT molecular complexity index is 239. The lowest BCUT2D eigenvalue weighted by Gasteiger charge is -2.22. The molecule has 0 aromatic rings. The molecule has 2 rings (SSSR count). The molecule has 0 aliphatic carbocycles. The summed E-state index contributed by atoms with van der Waals surface area (Å²) in [6.07, 6.45) is 7.77. The first kappa shape index (κ1) is 15.7. The van der Waals surface area contributed by atoms with Gasteiger partial charge in [0.25, 0.3) is 0 Å². The number of halogens is 1. The van der Waals surface area contributed by atoms with Crippen LogP contribution in [0.1, 0.15) is 44.9 Å². The zero-order valence-corrected chi connectivity index (χ0v) is 11.8. The summed E-state index contributed by atoms with van der Waals surface area (Å²) in [7, 11) is 0. The predicted octanol–water partition coefficient (Wildman–Crippen LogP) is 1.63. The van der Waals surface area contributed by atoms with E-state index in [2.05, 4.69) is 10.6 Å². The van der Waals surface area contributed by atoms with Crippen LogP contribution in [-0.4, -0.2) is 37.7 Å². The van der Waals surface area contributed by atoms with Crippen LogP contribution in [0.5, 0.6) is 0 Å². The maximum Gasteiger partial charge on any atom is 0.220 e. The SMILES string of the molecule is Cl.O=C(CCC1CCCCO1)NCC1CCCN1. The second-order valence-corrected chi connectivity index (χ2v) is 5.12. The van der Waals surface area contributed by atoms with Crippen LogP contribution in [-0.2, 0) is 9.53 Å². The van der Waals surface area contributed by atoms with Gasteiger partial charge in [-0.25, -0.2) is 0 Å². The maximum atomic E-state index is 11.6. The first-order chi connectivity index (χ1) is 8.34. The molecule has 2 atom stereocenters. The quantitative estimate of drug-likeness (QED) is 0.802. The summed E-state index contributed by atoms with van der Waals surface area (Å²) in [6.45, 7) is 2.75. The first-order valence-electron chi connectivity index (χ1n) is 6.96. The number of carbonyl (C=O) groups excluding carboxylic acids is 1. The molecule has 0 bridgehead atoms. The molecular formula is C13H25ClN2O2. The highest BCUT2D eigenvalue weighted by Crippen LogP contribution is 2.16. The van der Waals surface area contributed by atoms with Crippen molar-refractivity contribution in [1.82, 2.24) is 10.6 Å². The maximum absolute atomic E-state index is 11.6. The molecular weight excluding hydrogens is 252 g/mol. The second kappa shape index (κ2) is 8.73. The van der Waals surface area contributed by atoms with E-state index in [-0.39, 0.29) is 18.3 Å². The highest BCUT2D eigenvalue weighted by Gasteiger charge is 2.17. The Morgan fingerprint density at radius 3 is 2.83 bits per heavy atom. The van der Waals surface area contributed by atoms with Gasteiger partial charge < -0.3 is 15.4 Å². The van der Waals surface area contributed by atoms with Crippen molar-refractivity contribution in [3.8, 4) is 0 Å². The van der Waals surface area contributed by atoms with E-state index < -0.39 is 0 Å². The van der Waals surface area contributed by atoms with Gasteiger partial charge >= 0.3 is 0 Å². The van der Waals surface area contributed by atoms with Crippen molar-refractivity contribution in [2.24, 2.45) is 0 Å². The molecule has 2 N–H and O–H groups in total. The summed E-state index contributed by atoms with van der Waals surface area (Å²) in [4.78, 5) is 11.6. The largest absolute Gasteiger partial charge is 0.378 e. The molecule has 1 amide bonds. The Balaban J connectivity index is 0.00000162. The predicted molar refractivity (Wildman–Crippen MR) is 74.1 cm³/mol. The summed E-state index contributed by atoms with van der Waals surface area (Å²) in [6, 6.07) is 0.491. The molecule has 0 aromatic heterocycles. The van der Waals surface area contributed by atoms with Crippen LogP contribution in [0.25, 0.3) is 0 Å². The third-order valence-electron chi connectivity index (χ3n) is 3.68. The Morgan fingerprint density at radius 2 is 2.17 bits per heavy atom. The van der Waals surface area contributed by atoms with Gasteiger partial charge in [-0.15, -0.1) is 12.4 Å². The monoisotopic (exact) mass is 276 g/mol. The standard InChI is InChI=1S/C13H24N2O2.ClH/c16-13(15-10-11-4-3-8-14-11)7-6-12-5-1-2-9-17-12;/h11-12,14H,1-10H2,(H,15,16);1H. The average molecular weight is 277 g/mol. The normalized spacial score (nSPS) is 27.6. The van der Waals surface area contributed by atoms with Gasteiger partial charge in [-0.3, -0.25) is 4.79 Å². The number of hydrogen-bond acceptors (Lipinski definition) is 3. The van der Waals surface area contributed by atoms with E-state index in [0.29, 0.717) is 18.6 Å². The van der Waals surface area contributed by atoms with E-state index in [9.17, 15) is 4.79 Å². The lowest BCUT2D eigenvalue weighted by atomic mass is 10.0. The molecule has 2 unspecified atom stereocenters. The van der Waals surface area contributed by atoms with Crippen LogP contribution in [0.3, 0.4) is 0 Å². The lowest BCUT2D eigenvalue weighted by molar-refractivity contribution is -0.122. The number of hydrogen-bond donors (Lipinski definition) is 2. The zero-order valence-electron chi connectivity index (χ0n) is 11.0. The molecule has 2 aliphatic heterocycles.